The number of hydrogen-bond donors (Lipinski definition) is 1. The van der Waals surface area contributed by atoms with Crippen molar-refractivity contribution in [3.8, 4) is 11.3 Å². The van der Waals surface area contributed by atoms with Crippen LogP contribution in [0.4, 0.5) is 5.69 Å². The highest BCUT2D eigenvalue weighted by Gasteiger charge is 2.25. The van der Waals surface area contributed by atoms with Crippen LogP contribution in [0.3, 0.4) is 0 Å². The number of aromatic nitrogens is 1. The van der Waals surface area contributed by atoms with Gasteiger partial charge in [0.1, 0.15) is 7.05 Å². The van der Waals surface area contributed by atoms with Crippen molar-refractivity contribution in [3.63, 3.8) is 0 Å². The Kier molecular flexibility index (Phi) is 7.97. The van der Waals surface area contributed by atoms with Crippen molar-refractivity contribution in [2.45, 2.75) is 11.8 Å². The molecule has 0 fully saturated rings. The van der Waals surface area contributed by atoms with Gasteiger partial charge in [-0.1, -0.05) is 53.7 Å². The molecule has 9 heteroatoms. The molecule has 0 saturated heterocycles. The molecule has 5 rings (SSSR count). The van der Waals surface area contributed by atoms with Crippen LogP contribution in [0.5, 0.6) is 0 Å². The van der Waals surface area contributed by atoms with Gasteiger partial charge in [0.25, 0.3) is 0 Å². The van der Waals surface area contributed by atoms with E-state index in [4.69, 9.17) is 18.6 Å². The van der Waals surface area contributed by atoms with Crippen LogP contribution in [0.25, 0.3) is 28.2 Å². The molecule has 1 aliphatic rings. The van der Waals surface area contributed by atoms with Crippen LogP contribution in [0.2, 0.25) is 0 Å². The molecule has 0 radical (unpaired) electrons. The number of aliphatic hydroxyl groups is 1. The zero-order valence-electron chi connectivity index (χ0n) is 19.8. The summed E-state index contributed by atoms with van der Waals surface area (Å²) in [7, 11) is -2.81. The topological polar surface area (TPSA) is 120 Å². The summed E-state index contributed by atoms with van der Waals surface area (Å²) in [5.41, 5.74) is 7.17. The highest BCUT2D eigenvalue weighted by Crippen LogP contribution is 2.46. The summed E-state index contributed by atoms with van der Waals surface area (Å²) in [4.78, 5) is 3.45. The van der Waals surface area contributed by atoms with Gasteiger partial charge < -0.3 is 10.0 Å². The first-order chi connectivity index (χ1) is 17.2. The van der Waals surface area contributed by atoms with Gasteiger partial charge in [0.15, 0.2) is 0 Å². The molecule has 1 N–H and O–H groups in total. The van der Waals surface area contributed by atoms with Gasteiger partial charge in [-0.25, -0.2) is 18.6 Å². The van der Waals surface area contributed by atoms with E-state index in [2.05, 4.69) is 108 Å². The van der Waals surface area contributed by atoms with Gasteiger partial charge in [-0.3, -0.25) is 0 Å². The Morgan fingerprint density at radius 2 is 1.61 bits per heavy atom. The van der Waals surface area contributed by atoms with E-state index >= 15 is 0 Å². The smallest absolute Gasteiger partial charge is 0.213 e. The van der Waals surface area contributed by atoms with Crippen molar-refractivity contribution in [2.75, 3.05) is 18.1 Å². The number of pyridine rings is 1. The van der Waals surface area contributed by atoms with Crippen LogP contribution in [0.15, 0.2) is 88.8 Å². The lowest BCUT2D eigenvalue weighted by Crippen LogP contribution is -2.68. The van der Waals surface area contributed by atoms with E-state index < -0.39 is 10.2 Å². The maximum absolute atomic E-state index is 9.69. The van der Waals surface area contributed by atoms with E-state index in [9.17, 15) is 5.11 Å². The average Bonchev–Trinajstić information content (AvgIpc) is 3.17. The van der Waals surface area contributed by atoms with Gasteiger partial charge in [-0.05, 0) is 48.9 Å². The maximum atomic E-state index is 9.69. The second kappa shape index (κ2) is 11.0. The first-order valence-electron chi connectivity index (χ1n) is 11.1. The quantitative estimate of drug-likeness (QED) is 0.392. The molecule has 3 aromatic carbocycles. The molecule has 1 aromatic heterocycles. The van der Waals surface area contributed by atoms with Crippen LogP contribution in [0, 0.1) is 17.2 Å². The molecule has 0 bridgehead atoms. The van der Waals surface area contributed by atoms with Crippen molar-refractivity contribution in [1.82, 2.24) is 0 Å². The van der Waals surface area contributed by atoms with Gasteiger partial charge in [0.2, 0.25) is 11.2 Å². The van der Waals surface area contributed by atoms with Gasteiger partial charge in [-0.15, -0.1) is 10.2 Å². The minimum Gasteiger partial charge on any atom is -0.395 e. The SMILES string of the molecule is Cc1ccc2c(c1)c(C=C1Sc3ccccc3N1CCO)cc(-c1ccccc1)[n+]2C.[O-][Cl+3]([O-])([O-])[O-]. The number of fused-ring (bicyclic) bond motifs is 2. The zero-order chi connectivity index (χ0) is 25.9. The lowest BCUT2D eigenvalue weighted by atomic mass is 10.0. The van der Waals surface area contributed by atoms with E-state index in [0.717, 1.165) is 10.7 Å². The highest BCUT2D eigenvalue weighted by molar-refractivity contribution is 8.03. The number of benzene rings is 3. The van der Waals surface area contributed by atoms with Gasteiger partial charge >= 0.3 is 0 Å². The molecule has 36 heavy (non-hydrogen) atoms. The number of aliphatic hydroxyl groups excluding tert-OH is 1. The molecule has 7 nitrogen and oxygen atoms in total. The zero-order valence-corrected chi connectivity index (χ0v) is 21.3. The summed E-state index contributed by atoms with van der Waals surface area (Å²) in [6.07, 6.45) is 2.27. The first-order valence-corrected chi connectivity index (χ1v) is 13.2. The molecule has 0 unspecified atom stereocenters. The lowest BCUT2D eigenvalue weighted by Gasteiger charge is -2.19. The Balaban J connectivity index is 0.000000556. The molecule has 0 saturated carbocycles. The molecule has 186 valence electrons. The fourth-order valence-corrected chi connectivity index (χ4v) is 5.39. The third-order valence-corrected chi connectivity index (χ3v) is 6.90. The highest BCUT2D eigenvalue weighted by atomic mass is 35.7. The Morgan fingerprint density at radius 3 is 2.31 bits per heavy atom. The van der Waals surface area contributed by atoms with E-state index in [0.29, 0.717) is 6.54 Å². The molecule has 2 heterocycles. The summed E-state index contributed by atoms with van der Waals surface area (Å²) in [5, 5.41) is 12.1. The van der Waals surface area contributed by atoms with Crippen molar-refractivity contribution in [1.29, 1.82) is 0 Å². The number of aryl methyl sites for hydroxylation is 2. The molecule has 4 aromatic rings. The van der Waals surface area contributed by atoms with Crippen LogP contribution < -0.4 is 28.1 Å². The van der Waals surface area contributed by atoms with Crippen LogP contribution >= 0.6 is 11.8 Å². The molecule has 0 spiro atoms. The number of para-hydroxylation sites is 1. The summed E-state index contributed by atoms with van der Waals surface area (Å²) >= 11 is 1.77. The van der Waals surface area contributed by atoms with Crippen molar-refractivity contribution in [3.05, 3.63) is 95.0 Å². The summed E-state index contributed by atoms with van der Waals surface area (Å²) in [5.74, 6) is 0. The standard InChI is InChI=1S/C27H25N2OS.ClHO4/c1-19-12-13-23-22(16-19)21(17-25(28(23)2)20-8-4-3-5-9-20)18-27-29(14-15-30)24-10-6-7-11-26(24)31-27;2-1(3,4)5/h3-13,16-18,30H,14-15H2,1-2H3;(H,2,3,4,5)/q+1;/p-1. The van der Waals surface area contributed by atoms with Crippen molar-refractivity contribution < 1.29 is 38.6 Å². The van der Waals surface area contributed by atoms with E-state index in [1.807, 2.05) is 0 Å². The Hall–Kier alpha value is -2.95. The van der Waals surface area contributed by atoms with Crippen LogP contribution in [0.1, 0.15) is 11.1 Å². The predicted octanol–water partition coefficient (Wildman–Crippen LogP) is 0.787. The Labute approximate surface area is 215 Å². The molecule has 0 atom stereocenters. The predicted molar refractivity (Wildman–Crippen MR) is 130 cm³/mol. The number of thioether (sulfide) groups is 1. The number of β-amino-alcohol motifs (C(OH)–C–C–N with tert-alkyl or cyclic N) is 1. The molecule has 0 aliphatic carbocycles. The summed E-state index contributed by atoms with van der Waals surface area (Å²) in [6.45, 7) is 2.84. The molecular formula is C27H25ClN2O5S. The van der Waals surface area contributed by atoms with Crippen molar-refractivity contribution in [2.24, 2.45) is 7.05 Å². The number of hydrogen-bond acceptors (Lipinski definition) is 7. The Morgan fingerprint density at radius 1 is 0.944 bits per heavy atom. The summed E-state index contributed by atoms with van der Waals surface area (Å²) < 4.78 is 36.2. The fraction of sp³-hybridized carbons (Fsp3) is 0.148. The minimum absolute atomic E-state index is 0.116. The molecule has 1 aliphatic heterocycles. The second-order valence-electron chi connectivity index (χ2n) is 8.24. The minimum atomic E-state index is -4.94. The lowest BCUT2D eigenvalue weighted by molar-refractivity contribution is -2.00. The maximum Gasteiger partial charge on any atom is 0.213 e. The third kappa shape index (κ3) is 6.05. The largest absolute Gasteiger partial charge is 0.395 e. The molecular weight excluding hydrogens is 500 g/mol. The first kappa shape index (κ1) is 26.1. The molecule has 0 amide bonds. The average molecular weight is 525 g/mol. The van der Waals surface area contributed by atoms with Crippen molar-refractivity contribution >= 4 is 34.4 Å². The number of rotatable bonds is 4. The van der Waals surface area contributed by atoms with Gasteiger partial charge in [0, 0.05) is 29.1 Å². The number of anilines is 1. The third-order valence-electron chi connectivity index (χ3n) is 5.79. The number of halogens is 1. The van der Waals surface area contributed by atoms with E-state index in [1.54, 1.807) is 11.8 Å². The second-order valence-corrected chi connectivity index (χ2v) is 10.1. The van der Waals surface area contributed by atoms with Crippen LogP contribution in [-0.4, -0.2) is 18.3 Å². The van der Waals surface area contributed by atoms with Gasteiger partial charge in [-0.2, -0.15) is 4.57 Å². The van der Waals surface area contributed by atoms with E-state index in [-0.39, 0.29) is 6.61 Å². The fourth-order valence-electron chi connectivity index (χ4n) is 4.25. The normalized spacial score (nSPS) is 14.1. The monoisotopic (exact) mass is 524 g/mol. The Bertz CT molecular complexity index is 1400. The number of nitrogens with zero attached hydrogens (tertiary/aromatic N) is 2. The van der Waals surface area contributed by atoms with E-state index in [1.165, 1.54) is 38.2 Å². The summed E-state index contributed by atoms with van der Waals surface area (Å²) in [6, 6.07) is 27.9. The van der Waals surface area contributed by atoms with Crippen LogP contribution in [-0.2, 0) is 7.05 Å². The van der Waals surface area contributed by atoms with Gasteiger partial charge in [0.05, 0.1) is 22.7 Å².